The van der Waals surface area contributed by atoms with Crippen molar-refractivity contribution < 1.29 is 4.21 Å². The van der Waals surface area contributed by atoms with Gasteiger partial charge in [0.1, 0.15) is 0 Å². The van der Waals surface area contributed by atoms with E-state index in [4.69, 9.17) is 5.73 Å². The van der Waals surface area contributed by atoms with E-state index in [9.17, 15) is 4.21 Å². The molecule has 1 unspecified atom stereocenters. The van der Waals surface area contributed by atoms with Gasteiger partial charge in [0.25, 0.3) is 0 Å². The molecule has 0 aliphatic rings. The molecule has 94 valence electrons. The molecule has 5 heteroatoms. The second kappa shape index (κ2) is 6.16. The number of nitrogens with two attached hydrogens (primary N) is 1. The van der Waals surface area contributed by atoms with Crippen molar-refractivity contribution in [3.8, 4) is 0 Å². The minimum Gasteiger partial charge on any atom is -0.398 e. The molecule has 0 bridgehead atoms. The Morgan fingerprint density at radius 2 is 1.83 bits per heavy atom. The topological polar surface area (TPSA) is 43.1 Å². The Balaban J connectivity index is 2.19. The van der Waals surface area contributed by atoms with E-state index < -0.39 is 10.8 Å². The van der Waals surface area contributed by atoms with Crippen LogP contribution >= 0.6 is 38.5 Å². The number of benzene rings is 2. The van der Waals surface area contributed by atoms with Crippen LogP contribution in [0.3, 0.4) is 0 Å². The summed E-state index contributed by atoms with van der Waals surface area (Å²) in [6.45, 7) is 0. The van der Waals surface area contributed by atoms with Gasteiger partial charge in [0.05, 0.1) is 21.4 Å². The van der Waals surface area contributed by atoms with E-state index in [2.05, 4.69) is 38.5 Å². The molecule has 1 atom stereocenters. The summed E-state index contributed by atoms with van der Waals surface area (Å²) >= 11 is 5.59. The Labute approximate surface area is 131 Å². The largest absolute Gasteiger partial charge is 0.398 e. The number of hydrogen-bond acceptors (Lipinski definition) is 2. The zero-order chi connectivity index (χ0) is 13.1. The normalized spacial score (nSPS) is 12.3. The van der Waals surface area contributed by atoms with Crippen LogP contribution in [0.5, 0.6) is 0 Å². The van der Waals surface area contributed by atoms with E-state index in [1.54, 1.807) is 6.07 Å². The van der Waals surface area contributed by atoms with Gasteiger partial charge in [-0.3, -0.25) is 4.21 Å². The van der Waals surface area contributed by atoms with Gasteiger partial charge in [0.15, 0.2) is 0 Å². The third kappa shape index (κ3) is 3.55. The molecular formula is C13H11BrINOS. The van der Waals surface area contributed by atoms with Gasteiger partial charge >= 0.3 is 0 Å². The summed E-state index contributed by atoms with van der Waals surface area (Å²) in [7, 11) is -1.11. The first-order valence-corrected chi connectivity index (χ1v) is 8.43. The van der Waals surface area contributed by atoms with Crippen LogP contribution in [-0.4, -0.2) is 4.21 Å². The Morgan fingerprint density at radius 1 is 1.17 bits per heavy atom. The average Bonchev–Trinajstić information content (AvgIpc) is 2.32. The Hall–Kier alpha value is -0.400. The molecule has 0 saturated heterocycles. The summed E-state index contributed by atoms with van der Waals surface area (Å²) < 4.78 is 14.3. The van der Waals surface area contributed by atoms with Gasteiger partial charge in [0.2, 0.25) is 0 Å². The number of anilines is 1. The summed E-state index contributed by atoms with van der Waals surface area (Å²) in [6.07, 6.45) is 0. The Morgan fingerprint density at radius 3 is 2.44 bits per heavy atom. The van der Waals surface area contributed by atoms with Gasteiger partial charge in [-0.15, -0.1) is 0 Å². The lowest BCUT2D eigenvalue weighted by Gasteiger charge is -2.06. The van der Waals surface area contributed by atoms with Crippen molar-refractivity contribution in [3.63, 3.8) is 0 Å². The highest BCUT2D eigenvalue weighted by atomic mass is 127. The van der Waals surface area contributed by atoms with Crippen molar-refractivity contribution in [1.29, 1.82) is 0 Å². The molecule has 2 aromatic rings. The van der Waals surface area contributed by atoms with Crippen molar-refractivity contribution in [2.75, 3.05) is 5.73 Å². The van der Waals surface area contributed by atoms with E-state index in [1.807, 2.05) is 36.4 Å². The van der Waals surface area contributed by atoms with Gasteiger partial charge in [-0.25, -0.2) is 0 Å². The van der Waals surface area contributed by atoms with Crippen LogP contribution in [0.25, 0.3) is 0 Å². The quantitative estimate of drug-likeness (QED) is 0.586. The molecule has 0 fully saturated rings. The summed E-state index contributed by atoms with van der Waals surface area (Å²) in [4.78, 5) is 0.691. The summed E-state index contributed by atoms with van der Waals surface area (Å²) in [5.74, 6) is 0.489. The lowest BCUT2D eigenvalue weighted by molar-refractivity contribution is 0.683. The molecule has 0 aromatic heterocycles. The van der Waals surface area contributed by atoms with Crippen molar-refractivity contribution in [3.05, 3.63) is 56.1 Å². The fraction of sp³-hybridized carbons (Fsp3) is 0.0769. The smallest absolute Gasteiger partial charge is 0.0621 e. The predicted molar refractivity (Wildman–Crippen MR) is 87.8 cm³/mol. The van der Waals surface area contributed by atoms with E-state index in [1.165, 1.54) is 3.57 Å². The highest BCUT2D eigenvalue weighted by Crippen LogP contribution is 2.23. The molecule has 2 rings (SSSR count). The fourth-order valence-electron chi connectivity index (χ4n) is 1.54. The number of nitrogen functional groups attached to an aromatic ring is 1. The monoisotopic (exact) mass is 435 g/mol. The summed E-state index contributed by atoms with van der Waals surface area (Å²) in [6, 6.07) is 13.5. The third-order valence-electron chi connectivity index (χ3n) is 2.43. The van der Waals surface area contributed by atoms with Crippen molar-refractivity contribution in [2.24, 2.45) is 0 Å². The average molecular weight is 436 g/mol. The van der Waals surface area contributed by atoms with E-state index in [0.717, 1.165) is 10.0 Å². The van der Waals surface area contributed by atoms with E-state index in [0.29, 0.717) is 16.3 Å². The third-order valence-corrected chi connectivity index (χ3v) is 5.10. The van der Waals surface area contributed by atoms with Crippen LogP contribution < -0.4 is 5.73 Å². The first-order chi connectivity index (χ1) is 8.56. The van der Waals surface area contributed by atoms with Crippen molar-refractivity contribution in [1.82, 2.24) is 0 Å². The van der Waals surface area contributed by atoms with Crippen LogP contribution in [0.15, 0.2) is 51.8 Å². The molecule has 0 heterocycles. The van der Waals surface area contributed by atoms with Gasteiger partial charge in [-0.2, -0.15) is 0 Å². The van der Waals surface area contributed by atoms with E-state index in [-0.39, 0.29) is 0 Å². The van der Waals surface area contributed by atoms with Crippen LogP contribution in [0.1, 0.15) is 5.56 Å². The standard InChI is InChI=1S/C13H11BrINOS/c14-10-3-6-13(12(16)7-10)18(17)8-9-1-4-11(15)5-2-9/h1-7H,8,16H2. The SMILES string of the molecule is Nc1cc(Br)ccc1S(=O)Cc1ccc(I)cc1. The molecule has 0 aliphatic carbocycles. The van der Waals surface area contributed by atoms with Gasteiger partial charge in [-0.1, -0.05) is 28.1 Å². The highest BCUT2D eigenvalue weighted by Gasteiger charge is 2.09. The second-order valence-corrected chi connectivity index (χ2v) is 7.38. The van der Waals surface area contributed by atoms with Crippen molar-refractivity contribution >= 4 is 55.0 Å². The minimum absolute atomic E-state index is 0.489. The van der Waals surface area contributed by atoms with Crippen LogP contribution in [0, 0.1) is 3.57 Å². The van der Waals surface area contributed by atoms with Gasteiger partial charge in [-0.05, 0) is 58.5 Å². The van der Waals surface area contributed by atoms with Crippen molar-refractivity contribution in [2.45, 2.75) is 10.6 Å². The van der Waals surface area contributed by atoms with Crippen LogP contribution in [0.4, 0.5) is 5.69 Å². The van der Waals surface area contributed by atoms with E-state index >= 15 is 0 Å². The molecule has 18 heavy (non-hydrogen) atoms. The molecular weight excluding hydrogens is 425 g/mol. The number of rotatable bonds is 3. The molecule has 2 aromatic carbocycles. The lowest BCUT2D eigenvalue weighted by atomic mass is 10.2. The zero-order valence-corrected chi connectivity index (χ0v) is 14.0. The molecule has 0 spiro atoms. The first kappa shape index (κ1) is 14.0. The number of halogens is 2. The summed E-state index contributed by atoms with van der Waals surface area (Å²) in [5, 5.41) is 0. The lowest BCUT2D eigenvalue weighted by Crippen LogP contribution is -2.01. The molecule has 0 amide bonds. The van der Waals surface area contributed by atoms with Crippen LogP contribution in [-0.2, 0) is 16.6 Å². The maximum atomic E-state index is 12.2. The molecule has 0 saturated carbocycles. The first-order valence-electron chi connectivity index (χ1n) is 5.24. The zero-order valence-electron chi connectivity index (χ0n) is 9.40. The maximum Gasteiger partial charge on any atom is 0.0621 e. The predicted octanol–water partition coefficient (Wildman–Crippen LogP) is 3.94. The van der Waals surface area contributed by atoms with Crippen LogP contribution in [0.2, 0.25) is 0 Å². The highest BCUT2D eigenvalue weighted by molar-refractivity contribution is 14.1. The van der Waals surface area contributed by atoms with Gasteiger partial charge < -0.3 is 5.73 Å². The second-order valence-electron chi connectivity index (χ2n) is 3.80. The molecule has 0 aliphatic heterocycles. The fourth-order valence-corrected chi connectivity index (χ4v) is 3.47. The Kier molecular flexibility index (Phi) is 4.80. The summed E-state index contributed by atoms with van der Waals surface area (Å²) in [5.41, 5.74) is 7.49. The molecule has 2 nitrogen and oxygen atoms in total. The number of hydrogen-bond donors (Lipinski definition) is 1. The minimum atomic E-state index is -1.11. The molecule has 2 N–H and O–H groups in total. The Bertz CT molecular complexity index is 586. The molecule has 0 radical (unpaired) electrons. The van der Waals surface area contributed by atoms with Gasteiger partial charge in [0, 0.05) is 13.7 Å². The maximum absolute atomic E-state index is 12.2.